The molecule has 1 rings (SSSR count). The van der Waals surface area contributed by atoms with Crippen molar-refractivity contribution in [3.05, 3.63) is 89.1 Å². The third-order valence-corrected chi connectivity index (χ3v) is 5.21. The molecule has 6 nitrogen and oxygen atoms in total. The number of hydrogen-bond donors (Lipinski definition) is 1. The Bertz CT molecular complexity index is 1170. The van der Waals surface area contributed by atoms with Gasteiger partial charge in [0.05, 0.1) is 5.70 Å². The first-order valence-electron chi connectivity index (χ1n) is 13.1. The number of nitrogens with zero attached hydrogens (tertiary/aromatic N) is 2. The number of aliphatic imine (C=N–C) groups is 2. The number of phenolic OH excluding ortho intramolecular Hbond substituents is 1. The van der Waals surface area contributed by atoms with E-state index in [4.69, 9.17) is 14.7 Å². The summed E-state index contributed by atoms with van der Waals surface area (Å²) in [4.78, 5) is 19.8. The molecule has 0 amide bonds. The SMILES string of the molecule is C=C(C)/C=C\C(C(C)=NC(C/C(C)=C\C(C)=C/C)=NC(=C)c1ccc(OCCOC=O)cc1O)=C(C)C.CC. The number of carbonyl (C=O) groups is 1. The maximum atomic E-state index is 10.6. The van der Waals surface area contributed by atoms with Crippen molar-refractivity contribution in [3.8, 4) is 11.5 Å². The minimum atomic E-state index is -0.0194. The van der Waals surface area contributed by atoms with E-state index in [0.29, 0.717) is 35.7 Å². The Balaban J connectivity index is 0.00000704. The zero-order valence-electron chi connectivity index (χ0n) is 25.2. The van der Waals surface area contributed by atoms with Gasteiger partial charge in [-0.2, -0.15) is 0 Å². The van der Waals surface area contributed by atoms with Gasteiger partial charge in [-0.25, -0.2) is 9.98 Å². The average molecular weight is 535 g/mol. The molecule has 0 atom stereocenters. The Labute approximate surface area is 235 Å². The molecule has 0 saturated carbocycles. The molecular formula is C33H46N2O4. The smallest absolute Gasteiger partial charge is 0.293 e. The lowest BCUT2D eigenvalue weighted by molar-refractivity contribution is -0.129. The van der Waals surface area contributed by atoms with E-state index >= 15 is 0 Å². The summed E-state index contributed by atoms with van der Waals surface area (Å²) in [5, 5.41) is 10.6. The first-order chi connectivity index (χ1) is 18.5. The molecule has 1 aromatic carbocycles. The van der Waals surface area contributed by atoms with Crippen LogP contribution in [0, 0.1) is 0 Å². The summed E-state index contributed by atoms with van der Waals surface area (Å²) in [6, 6.07) is 4.87. The van der Waals surface area contributed by atoms with Gasteiger partial charge in [0.15, 0.2) is 0 Å². The molecule has 1 aromatic rings. The van der Waals surface area contributed by atoms with Crippen molar-refractivity contribution in [1.82, 2.24) is 0 Å². The molecule has 0 unspecified atom stereocenters. The van der Waals surface area contributed by atoms with Crippen molar-refractivity contribution in [2.24, 2.45) is 9.98 Å². The highest BCUT2D eigenvalue weighted by Crippen LogP contribution is 2.30. The highest BCUT2D eigenvalue weighted by atomic mass is 16.5. The van der Waals surface area contributed by atoms with Gasteiger partial charge in [0, 0.05) is 23.8 Å². The van der Waals surface area contributed by atoms with E-state index in [2.05, 4.69) is 24.0 Å². The number of carbonyl (C=O) groups excluding carboxylic acids is 1. The fourth-order valence-corrected chi connectivity index (χ4v) is 3.32. The van der Waals surface area contributed by atoms with Crippen molar-refractivity contribution < 1.29 is 19.4 Å². The maximum absolute atomic E-state index is 10.6. The van der Waals surface area contributed by atoms with E-state index in [1.165, 1.54) is 6.07 Å². The van der Waals surface area contributed by atoms with Gasteiger partial charge in [0.1, 0.15) is 30.5 Å². The van der Waals surface area contributed by atoms with Crippen LogP contribution < -0.4 is 4.74 Å². The summed E-state index contributed by atoms with van der Waals surface area (Å²) in [5.74, 6) is 1.00. The standard InChI is InChI=1S/C31H40N2O4.C2H6/c1-10-23(6)17-24(7)18-31(32-25(8)28(22(4)5)13-11-21(2)3)33-26(9)29-14-12-27(19-30(29)35)37-16-15-36-20-34;1-2/h10-14,17,19-20,35H,2,9,15-16,18H2,1,3-8H3;1-2H3/b13-11-,23-10-,24-17-,32-25?,33-31?;. The second-order valence-corrected chi connectivity index (χ2v) is 8.96. The van der Waals surface area contributed by atoms with Crippen LogP contribution in [0.4, 0.5) is 0 Å². The minimum absolute atomic E-state index is 0.0194. The van der Waals surface area contributed by atoms with Gasteiger partial charge in [-0.15, -0.1) is 0 Å². The van der Waals surface area contributed by atoms with E-state index in [0.717, 1.165) is 33.6 Å². The van der Waals surface area contributed by atoms with Crippen LogP contribution in [-0.2, 0) is 9.53 Å². The van der Waals surface area contributed by atoms with Crippen LogP contribution >= 0.6 is 0 Å². The lowest BCUT2D eigenvalue weighted by Gasteiger charge is -2.11. The number of ether oxygens (including phenoxy) is 2. The summed E-state index contributed by atoms with van der Waals surface area (Å²) in [5.41, 5.74) is 7.01. The number of aromatic hydroxyl groups is 1. The van der Waals surface area contributed by atoms with Crippen molar-refractivity contribution in [1.29, 1.82) is 0 Å². The molecule has 0 spiro atoms. The van der Waals surface area contributed by atoms with E-state index in [1.54, 1.807) is 12.1 Å². The Morgan fingerprint density at radius 2 is 1.67 bits per heavy atom. The molecule has 0 aliphatic heterocycles. The fraction of sp³-hybridized carbons (Fsp3) is 0.364. The first kappa shape index (κ1) is 35.1. The van der Waals surface area contributed by atoms with Crippen LogP contribution in [0.25, 0.3) is 5.70 Å². The molecule has 0 aliphatic carbocycles. The van der Waals surface area contributed by atoms with Crippen molar-refractivity contribution in [3.63, 3.8) is 0 Å². The Hall–Kier alpha value is -3.93. The van der Waals surface area contributed by atoms with Crippen LogP contribution in [0.2, 0.25) is 0 Å². The van der Waals surface area contributed by atoms with Gasteiger partial charge in [0.25, 0.3) is 6.47 Å². The van der Waals surface area contributed by atoms with Gasteiger partial charge >= 0.3 is 0 Å². The van der Waals surface area contributed by atoms with Crippen LogP contribution in [0.1, 0.15) is 74.3 Å². The third-order valence-electron chi connectivity index (χ3n) is 5.21. The highest BCUT2D eigenvalue weighted by molar-refractivity contribution is 6.09. The minimum Gasteiger partial charge on any atom is -0.507 e. The van der Waals surface area contributed by atoms with Gasteiger partial charge in [0.2, 0.25) is 0 Å². The predicted octanol–water partition coefficient (Wildman–Crippen LogP) is 8.57. The molecule has 39 heavy (non-hydrogen) atoms. The number of allylic oxidation sites excluding steroid dienone is 8. The molecule has 0 bridgehead atoms. The Morgan fingerprint density at radius 1 is 1.00 bits per heavy atom. The molecule has 212 valence electrons. The Morgan fingerprint density at radius 3 is 2.21 bits per heavy atom. The molecule has 6 heteroatoms. The molecule has 0 aromatic heterocycles. The van der Waals surface area contributed by atoms with E-state index < -0.39 is 0 Å². The van der Waals surface area contributed by atoms with Crippen molar-refractivity contribution in [2.45, 2.75) is 68.7 Å². The summed E-state index contributed by atoms with van der Waals surface area (Å²) in [6.07, 6.45) is 8.64. The maximum Gasteiger partial charge on any atom is 0.293 e. The number of amidine groups is 1. The van der Waals surface area contributed by atoms with Crippen LogP contribution in [0.15, 0.2) is 93.5 Å². The van der Waals surface area contributed by atoms with Crippen LogP contribution in [0.3, 0.4) is 0 Å². The normalized spacial score (nSPS) is 12.4. The molecular weight excluding hydrogens is 488 g/mol. The average Bonchev–Trinajstić information content (AvgIpc) is 2.87. The van der Waals surface area contributed by atoms with E-state index in [9.17, 15) is 9.90 Å². The summed E-state index contributed by atoms with van der Waals surface area (Å²) in [7, 11) is 0. The number of hydrogen-bond acceptors (Lipinski definition) is 5. The number of benzene rings is 1. The Kier molecular flexibility index (Phi) is 17.3. The predicted molar refractivity (Wildman–Crippen MR) is 167 cm³/mol. The number of rotatable bonds is 13. The van der Waals surface area contributed by atoms with Crippen LogP contribution in [0.5, 0.6) is 11.5 Å². The monoisotopic (exact) mass is 534 g/mol. The second kappa shape index (κ2) is 19.2. The van der Waals surface area contributed by atoms with E-state index in [1.807, 2.05) is 80.5 Å². The van der Waals surface area contributed by atoms with E-state index in [-0.39, 0.29) is 19.0 Å². The zero-order chi connectivity index (χ0) is 30.0. The third kappa shape index (κ3) is 14.0. The molecule has 0 heterocycles. The van der Waals surface area contributed by atoms with Gasteiger partial charge in [-0.3, -0.25) is 4.79 Å². The zero-order valence-corrected chi connectivity index (χ0v) is 25.2. The van der Waals surface area contributed by atoms with Gasteiger partial charge < -0.3 is 14.6 Å². The molecule has 0 aliphatic rings. The van der Waals surface area contributed by atoms with Gasteiger partial charge in [-0.05, 0) is 66.2 Å². The quantitative estimate of drug-likeness (QED) is 0.0903. The molecule has 0 fully saturated rings. The summed E-state index contributed by atoms with van der Waals surface area (Å²) in [6.45, 7) is 26.8. The lowest BCUT2D eigenvalue weighted by Crippen LogP contribution is -2.06. The lowest BCUT2D eigenvalue weighted by atomic mass is 10.0. The largest absolute Gasteiger partial charge is 0.507 e. The summed E-state index contributed by atoms with van der Waals surface area (Å²) >= 11 is 0. The molecule has 0 radical (unpaired) electrons. The van der Waals surface area contributed by atoms with Crippen molar-refractivity contribution in [2.75, 3.05) is 13.2 Å². The number of phenols is 1. The molecule has 1 N–H and O–H groups in total. The molecule has 0 saturated heterocycles. The highest BCUT2D eigenvalue weighted by Gasteiger charge is 2.10. The van der Waals surface area contributed by atoms with Gasteiger partial charge in [-0.1, -0.05) is 73.6 Å². The van der Waals surface area contributed by atoms with Crippen molar-refractivity contribution >= 4 is 23.7 Å². The second-order valence-electron chi connectivity index (χ2n) is 8.96. The first-order valence-corrected chi connectivity index (χ1v) is 13.1. The fourth-order valence-electron chi connectivity index (χ4n) is 3.32. The summed E-state index contributed by atoms with van der Waals surface area (Å²) < 4.78 is 10.1. The van der Waals surface area contributed by atoms with Crippen LogP contribution in [-0.4, -0.2) is 36.3 Å². The topological polar surface area (TPSA) is 80.5 Å².